The smallest absolute Gasteiger partial charge is 0.317 e. The summed E-state index contributed by atoms with van der Waals surface area (Å²) in [7, 11) is 0. The summed E-state index contributed by atoms with van der Waals surface area (Å²) in [5.74, 6) is -1.79. The van der Waals surface area contributed by atoms with Crippen LogP contribution in [0.5, 0.6) is 0 Å². The number of fused-ring (bicyclic) bond motifs is 8. The molecule has 6 rings (SSSR count). The highest BCUT2D eigenvalue weighted by Crippen LogP contribution is 2.21. The van der Waals surface area contributed by atoms with E-state index in [-0.39, 0.29) is 19.6 Å². The van der Waals surface area contributed by atoms with Crippen molar-refractivity contribution in [2.24, 2.45) is 5.11 Å². The van der Waals surface area contributed by atoms with Gasteiger partial charge in [-0.1, -0.05) is 16.4 Å². The molecule has 0 aromatic carbocycles. The molecule has 43 heavy (non-hydrogen) atoms. The van der Waals surface area contributed by atoms with Gasteiger partial charge in [-0.2, -0.15) is 0 Å². The molecule has 16 nitrogen and oxygen atoms in total. The Morgan fingerprint density at radius 3 is 1.98 bits per heavy atom. The molecule has 1 fully saturated rings. The van der Waals surface area contributed by atoms with Gasteiger partial charge in [0, 0.05) is 76.0 Å². The van der Waals surface area contributed by atoms with Crippen molar-refractivity contribution in [1.82, 2.24) is 44.6 Å². The predicted octanol–water partition coefficient (Wildman–Crippen LogP) is 1.13. The fraction of sp³-hybridized carbons (Fsp3) is 0.481. The fourth-order valence-corrected chi connectivity index (χ4v) is 5.39. The maximum absolute atomic E-state index is 11.7. The van der Waals surface area contributed by atoms with E-state index in [1.807, 2.05) is 28.0 Å². The van der Waals surface area contributed by atoms with Crippen LogP contribution in [0.4, 0.5) is 5.69 Å². The lowest BCUT2D eigenvalue weighted by atomic mass is 10.2. The number of aliphatic carboxylic acids is 2. The Morgan fingerprint density at radius 2 is 1.40 bits per heavy atom. The summed E-state index contributed by atoms with van der Waals surface area (Å²) >= 11 is 0. The highest BCUT2D eigenvalue weighted by Gasteiger charge is 2.21. The number of nitrogens with zero attached hydrogens (tertiary/aromatic N) is 12. The standard InChI is InChI=1S/C27H34N12O4/c28-33-32-21-12-22-16-36-6-10-37(18-26(40)41)8-4-35(5-9-38(11-7-36)19-27(42)43)15-20-2-1-3-24(31-20)25-14-29-34-39(25)17-23(13-21)30-22/h1-3,12-14H,4-11,15-19H2,(H,40,41)(H,42,43). The van der Waals surface area contributed by atoms with E-state index in [1.54, 1.807) is 23.0 Å². The van der Waals surface area contributed by atoms with Crippen LogP contribution in [0.15, 0.2) is 41.6 Å². The van der Waals surface area contributed by atoms with Crippen molar-refractivity contribution in [2.45, 2.75) is 19.6 Å². The Balaban J connectivity index is 1.59. The lowest BCUT2D eigenvalue weighted by Crippen LogP contribution is -2.47. The molecule has 3 aromatic heterocycles. The van der Waals surface area contributed by atoms with Gasteiger partial charge in [0.05, 0.1) is 48.6 Å². The van der Waals surface area contributed by atoms with Gasteiger partial charge < -0.3 is 10.2 Å². The highest BCUT2D eigenvalue weighted by atomic mass is 16.4. The summed E-state index contributed by atoms with van der Waals surface area (Å²) in [6.45, 7) is 5.25. The van der Waals surface area contributed by atoms with Crippen LogP contribution >= 0.6 is 0 Å². The largest absolute Gasteiger partial charge is 0.480 e. The maximum Gasteiger partial charge on any atom is 0.317 e. The average molecular weight is 591 g/mol. The number of aromatic nitrogens is 5. The molecule has 0 atom stereocenters. The van der Waals surface area contributed by atoms with Crippen molar-refractivity contribution in [3.05, 3.63) is 64.1 Å². The van der Waals surface area contributed by atoms with E-state index >= 15 is 0 Å². The van der Waals surface area contributed by atoms with Crippen LogP contribution in [0, 0.1) is 0 Å². The van der Waals surface area contributed by atoms with E-state index in [2.05, 4.69) is 30.1 Å². The minimum absolute atomic E-state index is 0.0910. The molecule has 0 radical (unpaired) electrons. The lowest BCUT2D eigenvalue weighted by Gasteiger charge is -2.33. The number of carboxylic acid groups (broad SMARTS) is 2. The molecule has 3 aliphatic rings. The SMILES string of the molecule is [N-]=[N+]=Nc1cc2nc(c1)Cn1nncc1-c1cccc(n1)CN1CCN(CC(=O)O)CCN(CCN(CC(=O)O)CC1)C2. The molecule has 16 heteroatoms. The summed E-state index contributed by atoms with van der Waals surface area (Å²) in [6.07, 6.45) is 1.65. The molecule has 6 bridgehead atoms. The van der Waals surface area contributed by atoms with E-state index < -0.39 is 11.9 Å². The Labute approximate surface area is 247 Å². The van der Waals surface area contributed by atoms with Crippen LogP contribution in [-0.2, 0) is 29.2 Å². The number of azide groups is 1. The number of pyridine rings is 2. The van der Waals surface area contributed by atoms with E-state index in [1.165, 1.54) is 0 Å². The predicted molar refractivity (Wildman–Crippen MR) is 154 cm³/mol. The summed E-state index contributed by atoms with van der Waals surface area (Å²) < 4.78 is 1.72. The van der Waals surface area contributed by atoms with Crippen LogP contribution in [0.3, 0.4) is 0 Å². The van der Waals surface area contributed by atoms with Crippen molar-refractivity contribution in [1.29, 1.82) is 0 Å². The second kappa shape index (κ2) is 14.1. The summed E-state index contributed by atoms with van der Waals surface area (Å²) in [5.41, 5.74) is 13.1. The monoisotopic (exact) mass is 590 g/mol. The first kappa shape index (κ1) is 30.0. The van der Waals surface area contributed by atoms with Crippen molar-refractivity contribution in [3.8, 4) is 11.4 Å². The fourth-order valence-electron chi connectivity index (χ4n) is 5.39. The van der Waals surface area contributed by atoms with Crippen LogP contribution < -0.4 is 0 Å². The second-order valence-corrected chi connectivity index (χ2v) is 10.7. The number of hydrogen-bond acceptors (Lipinski definition) is 11. The van der Waals surface area contributed by atoms with Crippen molar-refractivity contribution >= 4 is 17.6 Å². The third-order valence-corrected chi connectivity index (χ3v) is 7.49. The zero-order valence-electron chi connectivity index (χ0n) is 23.7. The molecule has 0 unspecified atom stereocenters. The molecule has 3 aliphatic heterocycles. The van der Waals surface area contributed by atoms with Crippen LogP contribution in [-0.4, -0.2) is 132 Å². The van der Waals surface area contributed by atoms with Gasteiger partial charge in [0.2, 0.25) is 0 Å². The highest BCUT2D eigenvalue weighted by molar-refractivity contribution is 5.69. The van der Waals surface area contributed by atoms with E-state index in [4.69, 9.17) is 15.5 Å². The van der Waals surface area contributed by atoms with Crippen molar-refractivity contribution in [3.63, 3.8) is 0 Å². The third kappa shape index (κ3) is 8.53. The quantitative estimate of drug-likeness (QED) is 0.245. The number of hydrogen-bond donors (Lipinski definition) is 2. The maximum atomic E-state index is 11.7. The molecular weight excluding hydrogens is 556 g/mol. The van der Waals surface area contributed by atoms with Gasteiger partial charge in [0.1, 0.15) is 5.69 Å². The van der Waals surface area contributed by atoms with Gasteiger partial charge in [-0.05, 0) is 29.8 Å². The first-order valence-corrected chi connectivity index (χ1v) is 14.1. The molecule has 0 spiro atoms. The molecule has 3 aromatic rings. The molecular formula is C27H34N12O4. The summed E-state index contributed by atoms with van der Waals surface area (Å²) in [4.78, 5) is 44.3. The molecule has 6 heterocycles. The molecule has 1 saturated heterocycles. The first-order chi connectivity index (χ1) is 20.8. The van der Waals surface area contributed by atoms with Gasteiger partial charge >= 0.3 is 11.9 Å². The van der Waals surface area contributed by atoms with Crippen molar-refractivity contribution in [2.75, 3.05) is 65.4 Å². The molecule has 226 valence electrons. The van der Waals surface area contributed by atoms with Crippen LogP contribution in [0.25, 0.3) is 21.8 Å². The Bertz CT molecular complexity index is 1460. The van der Waals surface area contributed by atoms with Crippen LogP contribution in [0.2, 0.25) is 0 Å². The van der Waals surface area contributed by atoms with Crippen LogP contribution in [0.1, 0.15) is 17.1 Å². The van der Waals surface area contributed by atoms with E-state index in [0.717, 1.165) is 5.69 Å². The van der Waals surface area contributed by atoms with Gasteiger partial charge in [-0.25, -0.2) is 9.67 Å². The molecule has 0 aliphatic carbocycles. The number of carboxylic acids is 2. The van der Waals surface area contributed by atoms with E-state index in [9.17, 15) is 19.8 Å². The number of rotatable bonds is 5. The zero-order chi connectivity index (χ0) is 30.2. The second-order valence-electron chi connectivity index (χ2n) is 10.7. The first-order valence-electron chi connectivity index (χ1n) is 14.1. The number of carbonyl (C=O) groups is 2. The Kier molecular flexibility index (Phi) is 9.86. The minimum Gasteiger partial charge on any atom is -0.480 e. The lowest BCUT2D eigenvalue weighted by molar-refractivity contribution is -0.139. The van der Waals surface area contributed by atoms with Gasteiger partial charge in [-0.3, -0.25) is 34.2 Å². The topological polar surface area (TPSA) is 193 Å². The van der Waals surface area contributed by atoms with Gasteiger partial charge in [0.25, 0.3) is 0 Å². The Morgan fingerprint density at radius 1 is 0.814 bits per heavy atom. The zero-order valence-corrected chi connectivity index (χ0v) is 23.7. The van der Waals surface area contributed by atoms with Gasteiger partial charge in [-0.15, -0.1) is 5.10 Å². The minimum atomic E-state index is -0.895. The molecule has 0 saturated carbocycles. The van der Waals surface area contributed by atoms with Gasteiger partial charge in [0.15, 0.2) is 0 Å². The van der Waals surface area contributed by atoms with E-state index in [0.29, 0.717) is 93.9 Å². The third-order valence-electron chi connectivity index (χ3n) is 7.49. The van der Waals surface area contributed by atoms with Crippen molar-refractivity contribution < 1.29 is 19.8 Å². The normalized spacial score (nSPS) is 20.4. The summed E-state index contributed by atoms with van der Waals surface area (Å²) in [5, 5.41) is 31.4. The Hall–Kier alpha value is -4.47. The average Bonchev–Trinajstić information content (AvgIpc) is 3.41. The molecule has 0 amide bonds. The molecule has 2 N–H and O–H groups in total. The summed E-state index contributed by atoms with van der Waals surface area (Å²) in [6, 6.07) is 9.18.